The third-order valence-corrected chi connectivity index (χ3v) is 18.0. The monoisotopic (exact) mass is 1480 g/mol. The van der Waals surface area contributed by atoms with Crippen molar-refractivity contribution in [3.8, 4) is 0 Å². The highest BCUT2D eigenvalue weighted by molar-refractivity contribution is 7.80. The molecule has 11 atom stereocenters. The van der Waals surface area contributed by atoms with Crippen molar-refractivity contribution in [3.63, 3.8) is 0 Å². The number of unbranched alkanes of at least 4 members (excludes halogenated alkanes) is 1. The van der Waals surface area contributed by atoms with Crippen molar-refractivity contribution in [3.05, 3.63) is 108 Å². The molecule has 103 heavy (non-hydrogen) atoms. The minimum Gasteiger partial charge on any atom is -0.480 e. The number of carboxylic acid groups (broad SMARTS) is 3. The molecule has 4 aromatic rings. The Kier molecular flexibility index (Phi) is 36.3. The number of amides is 9. The molecule has 3 aromatic carbocycles. The SMILES string of the molecule is C[C@@H](O)[C@H](NC(=O)[C@H](CCCCN)NC(=O)[C@@H](Cc1c[nH]c2ccccc12)NC(=O)[C@H](Cc1ccccc1)NC(=O)[C@H](CS)NC(=O)[C@@H](Cc1ccccc1)NC(=O)CCC(C(=O)O)N1CCN(CC(N)=O)CCN(CC(=O)O)CCN(CC(=O)O)CC1)C(=O)N[C@@H](CS)C(=O)N[C@H](CO)[C@@H](C)O. The van der Waals surface area contributed by atoms with Crippen molar-refractivity contribution in [1.82, 2.24) is 67.1 Å². The molecule has 0 spiro atoms. The summed E-state index contributed by atoms with van der Waals surface area (Å²) in [6, 6.07) is 11.2. The number of carbonyl (C=O) groups excluding carboxylic acids is 9. The number of thiol groups is 2. The van der Waals surface area contributed by atoms with Gasteiger partial charge in [-0.05, 0) is 68.8 Å². The number of primary amides is 1. The summed E-state index contributed by atoms with van der Waals surface area (Å²) in [5.41, 5.74) is 13.8. The molecule has 33 nitrogen and oxygen atoms in total. The van der Waals surface area contributed by atoms with Gasteiger partial charge >= 0.3 is 17.9 Å². The fourth-order valence-corrected chi connectivity index (χ4v) is 12.1. The highest BCUT2D eigenvalue weighted by Gasteiger charge is 2.37. The number of benzene rings is 3. The molecule has 19 N–H and O–H groups in total. The fourth-order valence-electron chi connectivity index (χ4n) is 11.5. The van der Waals surface area contributed by atoms with Crippen LogP contribution in [0.25, 0.3) is 10.9 Å². The second kappa shape index (κ2) is 44.0. The lowest BCUT2D eigenvalue weighted by atomic mass is 10.0. The second-order valence-corrected chi connectivity index (χ2v) is 26.0. The van der Waals surface area contributed by atoms with E-state index >= 15 is 4.79 Å². The average Bonchev–Trinajstić information content (AvgIpc) is 1.74. The van der Waals surface area contributed by atoms with Gasteiger partial charge in [-0.3, -0.25) is 77.1 Å². The topological polar surface area (TPSA) is 503 Å². The number of nitrogens with two attached hydrogens (primary N) is 2. The lowest BCUT2D eigenvalue weighted by Gasteiger charge is -2.35. The maximum absolute atomic E-state index is 15.0. The molecule has 0 bridgehead atoms. The molecule has 1 saturated heterocycles. The predicted octanol–water partition coefficient (Wildman–Crippen LogP) is -4.07. The number of aliphatic carboxylic acids is 3. The largest absolute Gasteiger partial charge is 0.480 e. The van der Waals surface area contributed by atoms with E-state index in [-0.39, 0.29) is 122 Å². The van der Waals surface area contributed by atoms with Gasteiger partial charge in [-0.15, -0.1) is 0 Å². The number of carboxylic acids is 3. The molecule has 2 heterocycles. The van der Waals surface area contributed by atoms with Crippen LogP contribution in [0.5, 0.6) is 0 Å². The lowest BCUT2D eigenvalue weighted by molar-refractivity contribution is -0.145. The van der Waals surface area contributed by atoms with E-state index in [1.807, 2.05) is 0 Å². The number of fused-ring (bicyclic) bond motifs is 1. The zero-order chi connectivity index (χ0) is 75.7. The van der Waals surface area contributed by atoms with E-state index in [1.54, 1.807) is 106 Å². The highest BCUT2D eigenvalue weighted by Crippen LogP contribution is 2.21. The molecule has 566 valence electrons. The minimum atomic E-state index is -1.72. The smallest absolute Gasteiger partial charge is 0.320 e. The van der Waals surface area contributed by atoms with E-state index in [1.165, 1.54) is 18.7 Å². The molecular formula is C68H99N15O18S2. The molecule has 5 rings (SSSR count). The number of para-hydroxylation sites is 1. The van der Waals surface area contributed by atoms with Gasteiger partial charge in [-0.1, -0.05) is 78.9 Å². The maximum atomic E-state index is 15.0. The first-order valence-electron chi connectivity index (χ1n) is 33.9. The van der Waals surface area contributed by atoms with E-state index in [9.17, 15) is 83.4 Å². The number of nitrogens with zero attached hydrogens (tertiary/aromatic N) is 4. The standard InChI is InChI=1S/C68H99N15O18S2/c1-41(85)52(38-84)76-66(98)54(40-103)78-67(99)60(42(2)86)79-61(93)48(19-11-12-22-69)73-64(96)51(33-45-34-71-47-18-10-9-17-46(45)47)75-63(95)50(32-44-15-7-4-8-16-44)74-65(97)53(39-102)77-62(94)49(31-43-13-5-3-6-14-43)72-57(88)21-20-55(68(100)101)83-29-27-80(35-56(70)87)23-24-81(36-58(89)90)25-26-82(28-30-83)37-59(91)92/h3-10,13-18,34,41-42,48-55,60,71,84-86,102-103H,11-12,19-33,35-40,69H2,1-2H3,(H2,70,87)(H,72,88)(H,73,96)(H,74,97)(H,75,95)(H,76,98)(H,77,94)(H,78,99)(H,79,93)(H,89,90)(H,91,92)(H,100,101)/t41-,42-,48+,49-,50+,51-,52-,53+,54+,55?,60+/m1/s1. The third kappa shape index (κ3) is 29.1. The molecule has 1 aliphatic heterocycles. The van der Waals surface area contributed by atoms with Crippen LogP contribution in [-0.2, 0) is 76.8 Å². The van der Waals surface area contributed by atoms with E-state index in [0.29, 0.717) is 34.0 Å². The highest BCUT2D eigenvalue weighted by atomic mass is 32.1. The zero-order valence-electron chi connectivity index (χ0n) is 57.7. The summed E-state index contributed by atoms with van der Waals surface area (Å²) in [6.45, 7) is 1.63. The summed E-state index contributed by atoms with van der Waals surface area (Å²) in [5.74, 6) is -12.1. The Balaban J connectivity index is 1.40. The first-order chi connectivity index (χ1) is 49.1. The molecular weight excluding hydrogens is 1380 g/mol. The molecule has 1 unspecified atom stereocenters. The Morgan fingerprint density at radius 2 is 0.942 bits per heavy atom. The quantitative estimate of drug-likeness (QED) is 0.0148. The van der Waals surface area contributed by atoms with Crippen molar-refractivity contribution in [1.29, 1.82) is 0 Å². The van der Waals surface area contributed by atoms with Crippen LogP contribution < -0.4 is 54.0 Å². The molecule has 0 aliphatic carbocycles. The summed E-state index contributed by atoms with van der Waals surface area (Å²) in [4.78, 5) is 173. The third-order valence-electron chi connectivity index (χ3n) is 17.3. The number of aromatic amines is 1. The van der Waals surface area contributed by atoms with Gasteiger partial charge < -0.3 is 89.6 Å². The molecule has 1 aromatic heterocycles. The van der Waals surface area contributed by atoms with E-state index in [4.69, 9.17) is 11.5 Å². The lowest BCUT2D eigenvalue weighted by Crippen LogP contribution is -2.62. The van der Waals surface area contributed by atoms with Gasteiger partial charge in [0.1, 0.15) is 48.3 Å². The Hall–Kier alpha value is -8.78. The number of hydrogen-bond acceptors (Lipinski definition) is 22. The summed E-state index contributed by atoms with van der Waals surface area (Å²) in [6.07, 6.45) is -1.85. The normalized spacial score (nSPS) is 16.9. The molecule has 1 fully saturated rings. The first kappa shape index (κ1) is 84.9. The van der Waals surface area contributed by atoms with Gasteiger partial charge in [-0.2, -0.15) is 25.3 Å². The van der Waals surface area contributed by atoms with Gasteiger partial charge in [0.2, 0.25) is 53.2 Å². The van der Waals surface area contributed by atoms with Gasteiger partial charge in [0.25, 0.3) is 0 Å². The van der Waals surface area contributed by atoms with Crippen molar-refractivity contribution < 1.29 is 88.2 Å². The molecule has 0 saturated carbocycles. The second-order valence-electron chi connectivity index (χ2n) is 25.3. The van der Waals surface area contributed by atoms with Crippen LogP contribution in [0.3, 0.4) is 0 Å². The van der Waals surface area contributed by atoms with Crippen LogP contribution in [0.15, 0.2) is 91.1 Å². The first-order valence-corrected chi connectivity index (χ1v) is 35.2. The number of aliphatic hydroxyl groups excluding tert-OH is 3. The molecule has 35 heteroatoms. The van der Waals surface area contributed by atoms with Crippen LogP contribution in [0.1, 0.15) is 62.6 Å². The number of aliphatic hydroxyl groups is 3. The Morgan fingerprint density at radius 3 is 1.42 bits per heavy atom. The number of carbonyl (C=O) groups is 12. The Morgan fingerprint density at radius 1 is 0.505 bits per heavy atom. The molecule has 0 radical (unpaired) electrons. The van der Waals surface area contributed by atoms with Crippen LogP contribution in [0.2, 0.25) is 0 Å². The van der Waals surface area contributed by atoms with Crippen molar-refractivity contribution in [2.45, 2.75) is 132 Å². The van der Waals surface area contributed by atoms with Gasteiger partial charge in [0, 0.05) is 107 Å². The summed E-state index contributed by atoms with van der Waals surface area (Å²) in [7, 11) is 0. The summed E-state index contributed by atoms with van der Waals surface area (Å²) < 4.78 is 0. The minimum absolute atomic E-state index is 0.00712. The van der Waals surface area contributed by atoms with E-state index in [2.05, 4.69) is 72.8 Å². The van der Waals surface area contributed by atoms with E-state index < -0.39 is 157 Å². The van der Waals surface area contributed by atoms with E-state index in [0.717, 1.165) is 0 Å². The van der Waals surface area contributed by atoms with Crippen LogP contribution in [-0.4, -0.2) is 290 Å². The Bertz CT molecular complexity index is 3420. The average molecular weight is 1480 g/mol. The zero-order valence-corrected chi connectivity index (χ0v) is 59.5. The van der Waals surface area contributed by atoms with Gasteiger partial charge in [0.15, 0.2) is 0 Å². The summed E-state index contributed by atoms with van der Waals surface area (Å²) in [5, 5.41) is 82.1. The number of nitrogens with one attached hydrogen (secondary N) is 9. The van der Waals surface area contributed by atoms with Crippen LogP contribution >= 0.6 is 25.3 Å². The summed E-state index contributed by atoms with van der Waals surface area (Å²) >= 11 is 8.59. The van der Waals surface area contributed by atoms with Gasteiger partial charge in [-0.25, -0.2) is 0 Å². The van der Waals surface area contributed by atoms with Crippen molar-refractivity contribution >= 4 is 107 Å². The predicted molar refractivity (Wildman–Crippen MR) is 385 cm³/mol. The van der Waals surface area contributed by atoms with Gasteiger partial charge in [0.05, 0.1) is 44.5 Å². The van der Waals surface area contributed by atoms with Crippen LogP contribution in [0.4, 0.5) is 0 Å². The van der Waals surface area contributed by atoms with Crippen molar-refractivity contribution in [2.24, 2.45) is 11.5 Å². The Labute approximate surface area is 607 Å². The number of rotatable bonds is 41. The van der Waals surface area contributed by atoms with Crippen LogP contribution in [0, 0.1) is 0 Å². The maximum Gasteiger partial charge on any atom is 0.320 e. The molecule has 1 aliphatic rings. The number of aromatic nitrogens is 1. The fraction of sp³-hybridized carbons (Fsp3) is 0.529. The number of H-pyrrole nitrogens is 1. The number of hydrogen-bond donors (Lipinski definition) is 19. The molecule has 9 amide bonds. The van der Waals surface area contributed by atoms with Crippen molar-refractivity contribution in [2.75, 3.05) is 96.6 Å².